The fourth-order valence-electron chi connectivity index (χ4n) is 2.24. The number of hydrogen-bond donors (Lipinski definition) is 0. The third kappa shape index (κ3) is 4.09. The van der Waals surface area contributed by atoms with Crippen LogP contribution in [0.4, 0.5) is 0 Å². The van der Waals surface area contributed by atoms with Crippen LogP contribution in [0, 0.1) is 13.8 Å². The molecule has 0 N–H and O–H groups in total. The van der Waals surface area contributed by atoms with Crippen LogP contribution in [0.25, 0.3) is 11.3 Å². The zero-order valence-corrected chi connectivity index (χ0v) is 14.5. The molecule has 0 bridgehead atoms. The highest BCUT2D eigenvalue weighted by Gasteiger charge is 2.08. The second kappa shape index (κ2) is 7.41. The SMILES string of the molecule is Cc1ccc(C(=O)CSc2ccc(-c3ccc(C)cc3)nn2)cc1. The Balaban J connectivity index is 1.63. The largest absolute Gasteiger partial charge is 0.293 e. The highest BCUT2D eigenvalue weighted by atomic mass is 32.2. The van der Waals surface area contributed by atoms with Crippen LogP contribution in [-0.4, -0.2) is 21.7 Å². The zero-order valence-electron chi connectivity index (χ0n) is 13.7. The van der Waals surface area contributed by atoms with Gasteiger partial charge in [0.15, 0.2) is 5.78 Å². The average molecular weight is 334 g/mol. The summed E-state index contributed by atoms with van der Waals surface area (Å²) in [5.74, 6) is 0.464. The van der Waals surface area contributed by atoms with Crippen molar-refractivity contribution in [2.75, 3.05) is 5.75 Å². The van der Waals surface area contributed by atoms with E-state index in [0.717, 1.165) is 27.4 Å². The predicted molar refractivity (Wildman–Crippen MR) is 98.4 cm³/mol. The van der Waals surface area contributed by atoms with Crippen LogP contribution < -0.4 is 0 Å². The molecule has 3 nitrogen and oxygen atoms in total. The molecule has 1 heterocycles. The van der Waals surface area contributed by atoms with Gasteiger partial charge in [0.1, 0.15) is 5.03 Å². The van der Waals surface area contributed by atoms with Crippen molar-refractivity contribution in [1.82, 2.24) is 10.2 Å². The molecule has 0 radical (unpaired) electrons. The van der Waals surface area contributed by atoms with Gasteiger partial charge in [-0.3, -0.25) is 4.79 Å². The van der Waals surface area contributed by atoms with Gasteiger partial charge in [0, 0.05) is 11.1 Å². The fraction of sp³-hybridized carbons (Fsp3) is 0.150. The first-order valence-corrected chi connectivity index (χ1v) is 8.74. The summed E-state index contributed by atoms with van der Waals surface area (Å²) in [6.07, 6.45) is 0. The van der Waals surface area contributed by atoms with E-state index in [1.165, 1.54) is 17.3 Å². The second-order valence-electron chi connectivity index (χ2n) is 5.70. The van der Waals surface area contributed by atoms with E-state index < -0.39 is 0 Å². The molecule has 0 fully saturated rings. The molecule has 0 aliphatic heterocycles. The van der Waals surface area contributed by atoms with Crippen LogP contribution >= 0.6 is 11.8 Å². The van der Waals surface area contributed by atoms with Gasteiger partial charge >= 0.3 is 0 Å². The molecule has 0 amide bonds. The van der Waals surface area contributed by atoms with Crippen molar-refractivity contribution in [2.45, 2.75) is 18.9 Å². The van der Waals surface area contributed by atoms with Crippen LogP contribution in [-0.2, 0) is 0 Å². The highest BCUT2D eigenvalue weighted by Crippen LogP contribution is 2.21. The van der Waals surface area contributed by atoms with Crippen molar-refractivity contribution >= 4 is 17.5 Å². The Bertz CT molecular complexity index is 825. The van der Waals surface area contributed by atoms with E-state index in [2.05, 4.69) is 29.3 Å². The Morgan fingerprint density at radius 1 is 0.833 bits per heavy atom. The Morgan fingerprint density at radius 3 is 2.04 bits per heavy atom. The molecule has 0 atom stereocenters. The molecule has 3 rings (SSSR count). The Labute approximate surface area is 146 Å². The normalized spacial score (nSPS) is 10.6. The summed E-state index contributed by atoms with van der Waals surface area (Å²) >= 11 is 1.41. The lowest BCUT2D eigenvalue weighted by molar-refractivity contribution is 0.102. The van der Waals surface area contributed by atoms with Crippen molar-refractivity contribution in [3.63, 3.8) is 0 Å². The number of rotatable bonds is 5. The number of aromatic nitrogens is 2. The molecular formula is C20H18N2OS. The summed E-state index contributed by atoms with van der Waals surface area (Å²) in [4.78, 5) is 12.2. The summed E-state index contributed by atoms with van der Waals surface area (Å²) in [5, 5.41) is 9.23. The maximum absolute atomic E-state index is 12.2. The average Bonchev–Trinajstić information content (AvgIpc) is 2.61. The van der Waals surface area contributed by atoms with E-state index >= 15 is 0 Å². The van der Waals surface area contributed by atoms with Gasteiger partial charge in [-0.2, -0.15) is 0 Å². The monoisotopic (exact) mass is 334 g/mol. The second-order valence-corrected chi connectivity index (χ2v) is 6.70. The molecular weight excluding hydrogens is 316 g/mol. The van der Waals surface area contributed by atoms with E-state index in [1.807, 2.05) is 55.5 Å². The van der Waals surface area contributed by atoms with E-state index in [-0.39, 0.29) is 5.78 Å². The zero-order chi connectivity index (χ0) is 16.9. The summed E-state index contributed by atoms with van der Waals surface area (Å²) in [6.45, 7) is 4.06. The van der Waals surface area contributed by atoms with Crippen LogP contribution in [0.1, 0.15) is 21.5 Å². The first-order valence-electron chi connectivity index (χ1n) is 7.75. The minimum Gasteiger partial charge on any atom is -0.293 e. The molecule has 3 aromatic rings. The maximum atomic E-state index is 12.2. The maximum Gasteiger partial charge on any atom is 0.173 e. The Morgan fingerprint density at radius 2 is 1.46 bits per heavy atom. The highest BCUT2D eigenvalue weighted by molar-refractivity contribution is 7.99. The van der Waals surface area contributed by atoms with Crippen LogP contribution in [0.3, 0.4) is 0 Å². The van der Waals surface area contributed by atoms with E-state index in [0.29, 0.717) is 5.75 Å². The lowest BCUT2D eigenvalue weighted by Gasteiger charge is -2.03. The topological polar surface area (TPSA) is 42.9 Å². The number of carbonyl (C=O) groups is 1. The van der Waals surface area contributed by atoms with Crippen LogP contribution in [0.2, 0.25) is 0 Å². The van der Waals surface area contributed by atoms with Gasteiger partial charge in [0.05, 0.1) is 11.4 Å². The smallest absolute Gasteiger partial charge is 0.173 e. The van der Waals surface area contributed by atoms with Gasteiger partial charge in [0.25, 0.3) is 0 Å². The summed E-state index contributed by atoms with van der Waals surface area (Å²) in [5.41, 5.74) is 4.98. The van der Waals surface area contributed by atoms with Crippen molar-refractivity contribution in [2.24, 2.45) is 0 Å². The number of hydrogen-bond acceptors (Lipinski definition) is 4. The number of benzene rings is 2. The number of nitrogens with zero attached hydrogens (tertiary/aromatic N) is 2. The van der Waals surface area contributed by atoms with Gasteiger partial charge in [-0.25, -0.2) is 0 Å². The van der Waals surface area contributed by atoms with Crippen LogP contribution in [0.15, 0.2) is 65.7 Å². The first kappa shape index (κ1) is 16.4. The Hall–Kier alpha value is -2.46. The molecule has 2 aromatic carbocycles. The van der Waals surface area contributed by atoms with Crippen molar-refractivity contribution < 1.29 is 4.79 Å². The lowest BCUT2D eigenvalue weighted by Crippen LogP contribution is -2.02. The van der Waals surface area contributed by atoms with Gasteiger partial charge in [-0.05, 0) is 26.0 Å². The van der Waals surface area contributed by atoms with E-state index in [1.54, 1.807) is 0 Å². The molecule has 0 saturated carbocycles. The van der Waals surface area contributed by atoms with Gasteiger partial charge < -0.3 is 0 Å². The minimum atomic E-state index is 0.101. The van der Waals surface area contributed by atoms with Gasteiger partial charge in [-0.1, -0.05) is 71.4 Å². The molecule has 4 heteroatoms. The quantitative estimate of drug-likeness (QED) is 0.499. The summed E-state index contributed by atoms with van der Waals surface area (Å²) < 4.78 is 0. The molecule has 0 aliphatic carbocycles. The predicted octanol–water partition coefficient (Wildman–Crippen LogP) is 4.74. The van der Waals surface area contributed by atoms with E-state index in [9.17, 15) is 4.79 Å². The van der Waals surface area contributed by atoms with Gasteiger partial charge in [0.2, 0.25) is 0 Å². The molecule has 1 aromatic heterocycles. The van der Waals surface area contributed by atoms with Crippen molar-refractivity contribution in [3.05, 3.63) is 77.4 Å². The fourth-order valence-corrected chi connectivity index (χ4v) is 2.95. The third-order valence-electron chi connectivity index (χ3n) is 3.71. The molecule has 0 spiro atoms. The van der Waals surface area contributed by atoms with E-state index in [4.69, 9.17) is 0 Å². The third-order valence-corrected chi connectivity index (χ3v) is 4.63. The summed E-state index contributed by atoms with van der Waals surface area (Å²) in [7, 11) is 0. The minimum absolute atomic E-state index is 0.101. The molecule has 120 valence electrons. The van der Waals surface area contributed by atoms with Crippen molar-refractivity contribution in [1.29, 1.82) is 0 Å². The van der Waals surface area contributed by atoms with Crippen molar-refractivity contribution in [3.8, 4) is 11.3 Å². The molecule has 0 unspecified atom stereocenters. The molecule has 0 aliphatic rings. The standard InChI is InChI=1S/C20H18N2OS/c1-14-3-7-16(8-4-14)18-11-12-20(22-21-18)24-13-19(23)17-9-5-15(2)6-10-17/h3-12H,13H2,1-2H3. The van der Waals surface area contributed by atoms with Crippen LogP contribution in [0.5, 0.6) is 0 Å². The number of Topliss-reactive ketones (excluding diaryl/α,β-unsaturated/α-hetero) is 1. The Kier molecular flexibility index (Phi) is 5.06. The molecule has 24 heavy (non-hydrogen) atoms. The lowest BCUT2D eigenvalue weighted by atomic mass is 10.1. The number of ketones is 1. The summed E-state index contributed by atoms with van der Waals surface area (Å²) in [6, 6.07) is 19.7. The number of carbonyl (C=O) groups excluding carboxylic acids is 1. The molecule has 0 saturated heterocycles. The number of thioether (sulfide) groups is 1. The first-order chi connectivity index (χ1) is 11.6. The van der Waals surface area contributed by atoms with Gasteiger partial charge in [-0.15, -0.1) is 10.2 Å². The number of aryl methyl sites for hydroxylation is 2.